The van der Waals surface area contributed by atoms with Gasteiger partial charge in [-0.3, -0.25) is 0 Å². The largest absolute Gasteiger partial charge is 0.456 e. The van der Waals surface area contributed by atoms with Crippen LogP contribution in [0.3, 0.4) is 0 Å². The topological polar surface area (TPSA) is 18.1 Å². The number of aromatic nitrogens is 1. The summed E-state index contributed by atoms with van der Waals surface area (Å²) < 4.78 is 8.95. The van der Waals surface area contributed by atoms with Gasteiger partial charge in [-0.25, -0.2) is 0 Å². The first kappa shape index (κ1) is 23.0. The van der Waals surface area contributed by atoms with Crippen LogP contribution in [-0.4, -0.2) is 4.57 Å². The predicted octanol–water partition coefficient (Wildman–Crippen LogP) is 11.1. The molecule has 0 radical (unpaired) electrons. The smallest absolute Gasteiger partial charge is 0.140 e. The van der Waals surface area contributed by atoms with Gasteiger partial charge in [-0.05, 0) is 81.1 Å². The summed E-state index contributed by atoms with van der Waals surface area (Å²) in [6, 6.07) is 50.6. The van der Waals surface area contributed by atoms with Crippen molar-refractivity contribution in [3.63, 3.8) is 0 Å². The Labute approximate surface area is 248 Å². The standard InChI is InChI=1S/C41H25NO/c1-2-10-28(11-3-1)42-36-16-8-6-12-29(36)34-23-26(20-21-37(34)42)25-18-19-27-24-35-39(33(27)22-25)30-13-4-5-14-31(30)40-32-15-7-9-17-38(32)43-41(35)40/h1-23H,24H2. The minimum absolute atomic E-state index is 0.885. The van der Waals surface area contributed by atoms with E-state index in [1.54, 1.807) is 0 Å². The Morgan fingerprint density at radius 2 is 1.19 bits per heavy atom. The summed E-state index contributed by atoms with van der Waals surface area (Å²) in [5.41, 5.74) is 13.4. The highest BCUT2D eigenvalue weighted by molar-refractivity contribution is 6.24. The average Bonchev–Trinajstić information content (AvgIpc) is 3.75. The Bertz CT molecular complexity index is 2580. The fourth-order valence-corrected chi connectivity index (χ4v) is 7.54. The van der Waals surface area contributed by atoms with Crippen molar-refractivity contribution in [3.8, 4) is 27.9 Å². The van der Waals surface area contributed by atoms with Crippen molar-refractivity contribution in [3.05, 3.63) is 151 Å². The van der Waals surface area contributed by atoms with Gasteiger partial charge in [0.05, 0.1) is 11.0 Å². The predicted molar refractivity (Wildman–Crippen MR) is 179 cm³/mol. The van der Waals surface area contributed by atoms with Gasteiger partial charge in [0.15, 0.2) is 0 Å². The molecule has 10 rings (SSSR count). The quantitative estimate of drug-likeness (QED) is 0.210. The van der Waals surface area contributed by atoms with E-state index in [9.17, 15) is 0 Å². The van der Waals surface area contributed by atoms with Crippen LogP contribution in [0.4, 0.5) is 0 Å². The molecule has 0 spiro atoms. The molecule has 0 unspecified atom stereocenters. The molecule has 9 aromatic rings. The van der Waals surface area contributed by atoms with Crippen LogP contribution >= 0.6 is 0 Å². The number of nitrogens with zero attached hydrogens (tertiary/aromatic N) is 1. The molecule has 0 bridgehead atoms. The van der Waals surface area contributed by atoms with E-state index in [0.717, 1.165) is 17.6 Å². The van der Waals surface area contributed by atoms with Crippen LogP contribution in [-0.2, 0) is 6.42 Å². The van der Waals surface area contributed by atoms with E-state index < -0.39 is 0 Å². The summed E-state index contributed by atoms with van der Waals surface area (Å²) in [6.07, 6.45) is 0.885. The Hall–Kier alpha value is -5.60. The second-order valence-corrected chi connectivity index (χ2v) is 11.7. The Morgan fingerprint density at radius 1 is 0.512 bits per heavy atom. The fraction of sp³-hybridized carbons (Fsp3) is 0.0244. The molecule has 2 nitrogen and oxygen atoms in total. The molecule has 0 saturated carbocycles. The lowest BCUT2D eigenvalue weighted by Crippen LogP contribution is -1.92. The first-order chi connectivity index (χ1) is 21.3. The normalized spacial score (nSPS) is 12.6. The highest BCUT2D eigenvalue weighted by Crippen LogP contribution is 2.49. The van der Waals surface area contributed by atoms with Gasteiger partial charge in [0, 0.05) is 39.2 Å². The zero-order valence-corrected chi connectivity index (χ0v) is 23.3. The number of furan rings is 1. The molecule has 2 aromatic heterocycles. The van der Waals surface area contributed by atoms with Gasteiger partial charge in [-0.1, -0.05) is 97.1 Å². The number of benzene rings is 7. The van der Waals surface area contributed by atoms with Gasteiger partial charge in [0.1, 0.15) is 11.2 Å². The third-order valence-corrected chi connectivity index (χ3v) is 9.40. The van der Waals surface area contributed by atoms with Gasteiger partial charge < -0.3 is 8.98 Å². The first-order valence-electron chi connectivity index (χ1n) is 14.9. The maximum Gasteiger partial charge on any atom is 0.140 e. The van der Waals surface area contributed by atoms with Gasteiger partial charge in [-0.15, -0.1) is 0 Å². The van der Waals surface area contributed by atoms with Crippen LogP contribution in [0.1, 0.15) is 11.1 Å². The molecule has 1 aliphatic carbocycles. The highest BCUT2D eigenvalue weighted by atomic mass is 16.3. The van der Waals surface area contributed by atoms with Crippen LogP contribution in [0.2, 0.25) is 0 Å². The number of para-hydroxylation sites is 3. The monoisotopic (exact) mass is 547 g/mol. The van der Waals surface area contributed by atoms with E-state index >= 15 is 0 Å². The second kappa shape index (κ2) is 8.47. The third kappa shape index (κ3) is 3.13. The van der Waals surface area contributed by atoms with E-state index in [2.05, 4.69) is 144 Å². The van der Waals surface area contributed by atoms with E-state index in [1.165, 1.54) is 82.4 Å². The Balaban J connectivity index is 1.20. The molecule has 0 aliphatic heterocycles. The lowest BCUT2D eigenvalue weighted by molar-refractivity contribution is 0.665. The molecular formula is C41H25NO. The highest BCUT2D eigenvalue weighted by Gasteiger charge is 2.27. The summed E-state index contributed by atoms with van der Waals surface area (Å²) in [4.78, 5) is 0. The summed E-state index contributed by atoms with van der Waals surface area (Å²) in [7, 11) is 0. The molecular weight excluding hydrogens is 522 g/mol. The van der Waals surface area contributed by atoms with Crippen LogP contribution in [0.15, 0.2) is 144 Å². The van der Waals surface area contributed by atoms with Crippen molar-refractivity contribution in [2.75, 3.05) is 0 Å². The van der Waals surface area contributed by atoms with Crippen molar-refractivity contribution < 1.29 is 4.42 Å². The number of rotatable bonds is 2. The van der Waals surface area contributed by atoms with Gasteiger partial charge in [-0.2, -0.15) is 0 Å². The zero-order chi connectivity index (χ0) is 28.1. The van der Waals surface area contributed by atoms with Crippen LogP contribution in [0, 0.1) is 0 Å². The lowest BCUT2D eigenvalue weighted by atomic mass is 9.92. The molecule has 7 aromatic carbocycles. The number of hydrogen-bond donors (Lipinski definition) is 0. The summed E-state index contributed by atoms with van der Waals surface area (Å²) >= 11 is 0. The molecule has 200 valence electrons. The molecule has 0 amide bonds. The molecule has 43 heavy (non-hydrogen) atoms. The van der Waals surface area contributed by atoms with E-state index in [1.807, 2.05) is 0 Å². The Morgan fingerprint density at radius 3 is 2.07 bits per heavy atom. The summed E-state index contributed by atoms with van der Waals surface area (Å²) in [5, 5.41) is 7.53. The number of hydrogen-bond acceptors (Lipinski definition) is 1. The van der Waals surface area contributed by atoms with Crippen molar-refractivity contribution in [2.45, 2.75) is 6.42 Å². The molecule has 2 heterocycles. The van der Waals surface area contributed by atoms with Crippen molar-refractivity contribution >= 4 is 54.5 Å². The van der Waals surface area contributed by atoms with Crippen LogP contribution in [0.5, 0.6) is 0 Å². The molecule has 0 atom stereocenters. The lowest BCUT2D eigenvalue weighted by Gasteiger charge is -2.11. The molecule has 0 fully saturated rings. The van der Waals surface area contributed by atoms with Gasteiger partial charge in [0.2, 0.25) is 0 Å². The summed E-state index contributed by atoms with van der Waals surface area (Å²) in [5.74, 6) is 0. The van der Waals surface area contributed by atoms with Gasteiger partial charge >= 0.3 is 0 Å². The SMILES string of the molecule is c1ccc(-n2c3ccccc3c3cc(-c4ccc5c(c4)-c4c(c6oc7ccccc7c6c6ccccc46)C5)ccc32)cc1. The van der Waals surface area contributed by atoms with Crippen LogP contribution < -0.4 is 0 Å². The average molecular weight is 548 g/mol. The fourth-order valence-electron chi connectivity index (χ4n) is 7.54. The first-order valence-corrected chi connectivity index (χ1v) is 14.9. The molecule has 2 heteroatoms. The maximum atomic E-state index is 6.58. The van der Waals surface area contributed by atoms with Gasteiger partial charge in [0.25, 0.3) is 0 Å². The number of fused-ring (bicyclic) bond motifs is 13. The van der Waals surface area contributed by atoms with E-state index in [0.29, 0.717) is 0 Å². The molecule has 0 N–H and O–H groups in total. The summed E-state index contributed by atoms with van der Waals surface area (Å²) in [6.45, 7) is 0. The Kier molecular flexibility index (Phi) is 4.53. The zero-order valence-electron chi connectivity index (χ0n) is 23.3. The second-order valence-electron chi connectivity index (χ2n) is 11.7. The minimum atomic E-state index is 0.885. The minimum Gasteiger partial charge on any atom is -0.456 e. The van der Waals surface area contributed by atoms with E-state index in [-0.39, 0.29) is 0 Å². The third-order valence-electron chi connectivity index (χ3n) is 9.40. The maximum absolute atomic E-state index is 6.58. The van der Waals surface area contributed by atoms with Crippen LogP contribution in [0.25, 0.3) is 82.5 Å². The van der Waals surface area contributed by atoms with Crippen molar-refractivity contribution in [2.24, 2.45) is 0 Å². The van der Waals surface area contributed by atoms with Crippen molar-refractivity contribution in [1.82, 2.24) is 4.57 Å². The molecule has 0 saturated heterocycles. The van der Waals surface area contributed by atoms with Crippen molar-refractivity contribution in [1.29, 1.82) is 0 Å². The molecule has 1 aliphatic rings. The van der Waals surface area contributed by atoms with E-state index in [4.69, 9.17) is 4.42 Å².